The van der Waals surface area contributed by atoms with E-state index < -0.39 is 28.5 Å². The fraction of sp³-hybridized carbons (Fsp3) is 0.333. The molecule has 0 heterocycles. The minimum Gasteiger partial charge on any atom is -0.493 e. The third-order valence-electron chi connectivity index (χ3n) is 6.47. The molecule has 12 heteroatoms. The lowest BCUT2D eigenvalue weighted by Crippen LogP contribution is -2.51. The second kappa shape index (κ2) is 14.6. The summed E-state index contributed by atoms with van der Waals surface area (Å²) in [5.74, 6) is -0.230. The highest BCUT2D eigenvalue weighted by molar-refractivity contribution is 7.92. The average molecular weight is 637 g/mol. The van der Waals surface area contributed by atoms with Gasteiger partial charge in [-0.15, -0.1) is 0 Å². The topological polar surface area (TPSA) is 105 Å². The largest absolute Gasteiger partial charge is 0.493 e. The molecule has 3 rings (SSSR count). The molecule has 0 saturated heterocycles. The molecule has 42 heavy (non-hydrogen) atoms. The fourth-order valence-corrected chi connectivity index (χ4v) is 5.99. The van der Waals surface area contributed by atoms with Gasteiger partial charge in [0.25, 0.3) is 10.0 Å². The maximum Gasteiger partial charge on any atom is 0.264 e. The second-order valence-corrected chi connectivity index (χ2v) is 12.6. The molecule has 226 valence electrons. The number of rotatable bonds is 13. The summed E-state index contributed by atoms with van der Waals surface area (Å²) in [7, 11) is -1.44. The van der Waals surface area contributed by atoms with Crippen LogP contribution in [0.15, 0.2) is 71.6 Å². The van der Waals surface area contributed by atoms with Crippen LogP contribution in [0.5, 0.6) is 11.5 Å². The highest BCUT2D eigenvalue weighted by Gasteiger charge is 2.33. The van der Waals surface area contributed by atoms with Gasteiger partial charge in [-0.2, -0.15) is 0 Å². The van der Waals surface area contributed by atoms with Gasteiger partial charge in [-0.05, 0) is 54.8 Å². The molecule has 0 fully saturated rings. The number of carbonyl (C=O) groups is 2. The van der Waals surface area contributed by atoms with E-state index >= 15 is 0 Å². The molecule has 0 aliphatic rings. The molecule has 3 aromatic carbocycles. The predicted molar refractivity (Wildman–Crippen MR) is 165 cm³/mol. The lowest BCUT2D eigenvalue weighted by atomic mass is 10.1. The molecule has 0 aromatic heterocycles. The first-order valence-corrected chi connectivity index (χ1v) is 15.4. The van der Waals surface area contributed by atoms with Gasteiger partial charge < -0.3 is 19.7 Å². The summed E-state index contributed by atoms with van der Waals surface area (Å²) in [6, 6.07) is 16.4. The number of ether oxygens (including phenoxy) is 2. The first kappa shape index (κ1) is 33.0. The van der Waals surface area contributed by atoms with Crippen LogP contribution in [-0.4, -0.2) is 58.5 Å². The Balaban J connectivity index is 2.05. The number of methoxy groups -OCH3 is 2. The van der Waals surface area contributed by atoms with Crippen molar-refractivity contribution in [3.05, 3.63) is 82.3 Å². The highest BCUT2D eigenvalue weighted by Crippen LogP contribution is 2.32. The van der Waals surface area contributed by atoms with Gasteiger partial charge in [0.05, 0.1) is 24.8 Å². The summed E-state index contributed by atoms with van der Waals surface area (Å²) in [4.78, 5) is 28.3. The second-order valence-electron chi connectivity index (χ2n) is 9.94. The molecular formula is C30H35Cl2N3O6S. The van der Waals surface area contributed by atoms with E-state index in [1.165, 1.54) is 37.3 Å². The van der Waals surface area contributed by atoms with Crippen LogP contribution < -0.4 is 19.1 Å². The van der Waals surface area contributed by atoms with Crippen LogP contribution in [-0.2, 0) is 26.2 Å². The number of benzene rings is 3. The molecule has 0 aliphatic carbocycles. The summed E-state index contributed by atoms with van der Waals surface area (Å²) < 4.78 is 39.6. The number of hydrogen-bond acceptors (Lipinski definition) is 6. The van der Waals surface area contributed by atoms with Crippen LogP contribution in [0.25, 0.3) is 0 Å². The normalized spacial score (nSPS) is 12.0. The van der Waals surface area contributed by atoms with Crippen LogP contribution in [0, 0.1) is 5.92 Å². The Kier molecular flexibility index (Phi) is 11.5. The van der Waals surface area contributed by atoms with Crippen molar-refractivity contribution in [1.82, 2.24) is 10.2 Å². The van der Waals surface area contributed by atoms with Gasteiger partial charge in [-0.25, -0.2) is 8.42 Å². The van der Waals surface area contributed by atoms with E-state index in [4.69, 9.17) is 32.7 Å². The first-order chi connectivity index (χ1) is 19.9. The van der Waals surface area contributed by atoms with Crippen molar-refractivity contribution in [3.63, 3.8) is 0 Å². The van der Waals surface area contributed by atoms with Crippen molar-refractivity contribution < 1.29 is 27.5 Å². The van der Waals surface area contributed by atoms with Crippen molar-refractivity contribution in [2.45, 2.75) is 38.3 Å². The van der Waals surface area contributed by atoms with Gasteiger partial charge in [0, 0.05) is 29.2 Å². The molecule has 3 aromatic rings. The highest BCUT2D eigenvalue weighted by atomic mass is 35.5. The van der Waals surface area contributed by atoms with Gasteiger partial charge in [-0.3, -0.25) is 13.9 Å². The maximum absolute atomic E-state index is 14.0. The van der Waals surface area contributed by atoms with Crippen LogP contribution in [0.2, 0.25) is 10.0 Å². The van der Waals surface area contributed by atoms with Gasteiger partial charge in [0.1, 0.15) is 12.6 Å². The third-order valence-corrected chi connectivity index (χ3v) is 8.83. The number of halogens is 2. The number of anilines is 1. The van der Waals surface area contributed by atoms with Gasteiger partial charge >= 0.3 is 0 Å². The van der Waals surface area contributed by atoms with Crippen molar-refractivity contribution in [2.75, 3.05) is 31.6 Å². The predicted octanol–water partition coefficient (Wildman–Crippen LogP) is 5.40. The molecule has 9 nitrogen and oxygen atoms in total. The van der Waals surface area contributed by atoms with E-state index in [2.05, 4.69) is 5.32 Å². The Bertz CT molecular complexity index is 1500. The van der Waals surface area contributed by atoms with Gasteiger partial charge in [-0.1, -0.05) is 61.3 Å². The van der Waals surface area contributed by atoms with E-state index in [1.807, 2.05) is 13.8 Å². The van der Waals surface area contributed by atoms with Crippen LogP contribution >= 0.6 is 23.2 Å². The Labute approximate surface area is 257 Å². The molecule has 0 bridgehead atoms. The zero-order valence-corrected chi connectivity index (χ0v) is 26.5. The maximum atomic E-state index is 14.0. The number of carbonyl (C=O) groups excluding carboxylic acids is 2. The summed E-state index contributed by atoms with van der Waals surface area (Å²) in [5.41, 5.74) is 0.814. The molecule has 1 atom stereocenters. The van der Waals surface area contributed by atoms with Crippen LogP contribution in [0.1, 0.15) is 26.3 Å². The standard InChI is InChI=1S/C30H35Cl2N3O6S/c1-20(2)17-33-30(37)21(3)34(18-22-11-12-23(31)15-26(22)32)29(36)19-35(24-9-7-6-8-10-24)42(38,39)25-13-14-27(40-4)28(16-25)41-5/h6-16,20-21H,17-19H2,1-5H3,(H,33,37)/t21-/m0/s1. The van der Waals surface area contributed by atoms with E-state index in [-0.39, 0.29) is 34.7 Å². The Morgan fingerprint density at radius 1 is 0.905 bits per heavy atom. The average Bonchev–Trinajstić information content (AvgIpc) is 2.97. The quantitative estimate of drug-likeness (QED) is 0.270. The van der Waals surface area contributed by atoms with Crippen molar-refractivity contribution >= 4 is 50.7 Å². The van der Waals surface area contributed by atoms with Gasteiger partial charge in [0.2, 0.25) is 11.8 Å². The summed E-state index contributed by atoms with van der Waals surface area (Å²) >= 11 is 12.5. The fourth-order valence-electron chi connectivity index (χ4n) is 4.10. The zero-order valence-electron chi connectivity index (χ0n) is 24.1. The smallest absolute Gasteiger partial charge is 0.264 e. The number of nitrogens with zero attached hydrogens (tertiary/aromatic N) is 2. The molecule has 1 N–H and O–H groups in total. The Morgan fingerprint density at radius 3 is 2.17 bits per heavy atom. The van der Waals surface area contributed by atoms with Crippen LogP contribution in [0.4, 0.5) is 5.69 Å². The molecule has 2 amide bonds. The molecule has 0 saturated carbocycles. The first-order valence-electron chi connectivity index (χ1n) is 13.2. The monoisotopic (exact) mass is 635 g/mol. The zero-order chi connectivity index (χ0) is 31.0. The number of nitrogens with one attached hydrogen (secondary N) is 1. The Hall–Kier alpha value is -3.47. The minimum atomic E-state index is -4.29. The summed E-state index contributed by atoms with van der Waals surface area (Å²) in [5, 5.41) is 3.58. The lowest BCUT2D eigenvalue weighted by molar-refractivity contribution is -0.139. The minimum absolute atomic E-state index is 0.0515. The molecule has 0 radical (unpaired) electrons. The van der Waals surface area contributed by atoms with Crippen molar-refractivity contribution in [1.29, 1.82) is 0 Å². The molecule has 0 aliphatic heterocycles. The number of hydrogen-bond donors (Lipinski definition) is 1. The van der Waals surface area contributed by atoms with E-state index in [9.17, 15) is 18.0 Å². The summed E-state index contributed by atoms with van der Waals surface area (Å²) in [6.07, 6.45) is 0. The van der Waals surface area contributed by atoms with E-state index in [0.29, 0.717) is 27.9 Å². The van der Waals surface area contributed by atoms with Crippen LogP contribution in [0.3, 0.4) is 0 Å². The van der Waals surface area contributed by atoms with E-state index in [1.54, 1.807) is 55.5 Å². The third kappa shape index (κ3) is 8.08. The number of amides is 2. The van der Waals surface area contributed by atoms with Gasteiger partial charge in [0.15, 0.2) is 11.5 Å². The lowest BCUT2D eigenvalue weighted by Gasteiger charge is -2.32. The molecule has 0 spiro atoms. The van der Waals surface area contributed by atoms with Crippen molar-refractivity contribution in [3.8, 4) is 11.5 Å². The van der Waals surface area contributed by atoms with Crippen molar-refractivity contribution in [2.24, 2.45) is 5.92 Å². The number of para-hydroxylation sites is 1. The number of sulfonamides is 1. The SMILES string of the molecule is COc1ccc(S(=O)(=O)N(CC(=O)N(Cc2ccc(Cl)cc2Cl)[C@@H](C)C(=O)NCC(C)C)c2ccccc2)cc1OC. The molecule has 0 unspecified atom stereocenters. The Morgan fingerprint density at radius 2 is 1.57 bits per heavy atom. The molecular weight excluding hydrogens is 601 g/mol. The summed E-state index contributed by atoms with van der Waals surface area (Å²) in [6.45, 7) is 5.28. The van der Waals surface area contributed by atoms with E-state index in [0.717, 1.165) is 4.31 Å².